The van der Waals surface area contributed by atoms with Crippen molar-refractivity contribution >= 4 is 27.7 Å². The normalized spacial score (nSPS) is 10.1. The van der Waals surface area contributed by atoms with E-state index in [1.54, 1.807) is 7.11 Å². The summed E-state index contributed by atoms with van der Waals surface area (Å²) in [6.45, 7) is 0. The minimum absolute atomic E-state index is 0.701. The zero-order valence-electron chi connectivity index (χ0n) is 11.1. The number of halogens is 1. The van der Waals surface area contributed by atoms with Crippen molar-refractivity contribution in [2.75, 3.05) is 7.11 Å². The summed E-state index contributed by atoms with van der Waals surface area (Å²) in [4.78, 5) is 0. The van der Waals surface area contributed by atoms with E-state index in [1.807, 2.05) is 48.2 Å². The molecule has 0 bridgehead atoms. The van der Waals surface area contributed by atoms with Gasteiger partial charge in [0.05, 0.1) is 18.7 Å². The molecule has 0 aliphatic carbocycles. The molecule has 0 radical (unpaired) electrons. The Labute approximate surface area is 131 Å². The third-order valence-corrected chi connectivity index (χ3v) is 4.40. The summed E-state index contributed by atoms with van der Waals surface area (Å²) in [6, 6.07) is 15.9. The highest BCUT2D eigenvalue weighted by Gasteiger charge is 2.04. The molecule has 2 aromatic rings. The van der Waals surface area contributed by atoms with Gasteiger partial charge in [-0.25, -0.2) is 0 Å². The molecule has 4 heteroatoms. The Morgan fingerprint density at radius 2 is 1.90 bits per heavy atom. The Kier molecular flexibility index (Phi) is 5.51. The van der Waals surface area contributed by atoms with Gasteiger partial charge in [0, 0.05) is 21.5 Å². The molecule has 0 aliphatic heterocycles. The van der Waals surface area contributed by atoms with Crippen LogP contribution in [0.3, 0.4) is 0 Å². The highest BCUT2D eigenvalue weighted by molar-refractivity contribution is 9.10. The first kappa shape index (κ1) is 15.0. The number of nitriles is 1. The average Bonchev–Trinajstić information content (AvgIpc) is 2.48. The maximum Gasteiger partial charge on any atom is 0.122 e. The van der Waals surface area contributed by atoms with Gasteiger partial charge in [0.1, 0.15) is 5.75 Å². The second kappa shape index (κ2) is 7.37. The fraction of sp³-hybridized carbons (Fsp3) is 0.188. The van der Waals surface area contributed by atoms with E-state index >= 15 is 0 Å². The number of hydrogen-bond donors (Lipinski definition) is 0. The zero-order valence-corrected chi connectivity index (χ0v) is 13.5. The zero-order chi connectivity index (χ0) is 14.4. The van der Waals surface area contributed by atoms with Gasteiger partial charge in [-0.15, -0.1) is 0 Å². The van der Waals surface area contributed by atoms with E-state index in [-0.39, 0.29) is 0 Å². The first-order valence-electron chi connectivity index (χ1n) is 6.12. The van der Waals surface area contributed by atoms with Crippen molar-refractivity contribution < 1.29 is 4.74 Å². The van der Waals surface area contributed by atoms with E-state index in [2.05, 4.69) is 28.1 Å². The van der Waals surface area contributed by atoms with Crippen LogP contribution in [0, 0.1) is 11.3 Å². The molecule has 0 spiro atoms. The molecule has 0 amide bonds. The Balaban J connectivity index is 1.95. The van der Waals surface area contributed by atoms with Crippen molar-refractivity contribution in [3.05, 3.63) is 63.6 Å². The van der Waals surface area contributed by atoms with Gasteiger partial charge in [0.15, 0.2) is 0 Å². The standard InChI is InChI=1S/C16H14BrNOS/c1-19-16-7-6-15(17)8-14(16)11-20-10-13-4-2-12(9-18)3-5-13/h2-8H,10-11H2,1H3. The third kappa shape index (κ3) is 4.03. The van der Waals surface area contributed by atoms with Crippen molar-refractivity contribution in [3.63, 3.8) is 0 Å². The van der Waals surface area contributed by atoms with Gasteiger partial charge in [-0.05, 0) is 35.9 Å². The first-order chi connectivity index (χ1) is 9.72. The van der Waals surface area contributed by atoms with Gasteiger partial charge in [0.2, 0.25) is 0 Å². The molecule has 2 aromatic carbocycles. The summed E-state index contributed by atoms with van der Waals surface area (Å²) in [5.41, 5.74) is 3.11. The lowest BCUT2D eigenvalue weighted by molar-refractivity contribution is 0.411. The van der Waals surface area contributed by atoms with Crippen molar-refractivity contribution in [2.24, 2.45) is 0 Å². The van der Waals surface area contributed by atoms with Gasteiger partial charge in [-0.1, -0.05) is 28.1 Å². The van der Waals surface area contributed by atoms with Crippen LogP contribution >= 0.6 is 27.7 Å². The van der Waals surface area contributed by atoms with Gasteiger partial charge >= 0.3 is 0 Å². The molecule has 2 nitrogen and oxygen atoms in total. The topological polar surface area (TPSA) is 33.0 Å². The molecule has 0 atom stereocenters. The second-order valence-corrected chi connectivity index (χ2v) is 6.16. The average molecular weight is 348 g/mol. The lowest BCUT2D eigenvalue weighted by atomic mass is 10.2. The fourth-order valence-electron chi connectivity index (χ4n) is 1.81. The Bertz CT molecular complexity index is 619. The lowest BCUT2D eigenvalue weighted by Crippen LogP contribution is -1.91. The molecule has 0 heterocycles. The summed E-state index contributed by atoms with van der Waals surface area (Å²) >= 11 is 5.31. The first-order valence-corrected chi connectivity index (χ1v) is 8.07. The molecule has 0 aromatic heterocycles. The Hall–Kier alpha value is -1.44. The number of thioether (sulfide) groups is 1. The van der Waals surface area contributed by atoms with Crippen LogP contribution in [0.1, 0.15) is 16.7 Å². The molecule has 0 saturated carbocycles. The van der Waals surface area contributed by atoms with E-state index in [0.29, 0.717) is 5.56 Å². The highest BCUT2D eigenvalue weighted by atomic mass is 79.9. The van der Waals surface area contributed by atoms with Crippen LogP contribution in [-0.2, 0) is 11.5 Å². The number of ether oxygens (including phenoxy) is 1. The van der Waals surface area contributed by atoms with Crippen molar-refractivity contribution in [2.45, 2.75) is 11.5 Å². The van der Waals surface area contributed by atoms with Gasteiger partial charge in [0.25, 0.3) is 0 Å². The van der Waals surface area contributed by atoms with Crippen LogP contribution in [0.2, 0.25) is 0 Å². The van der Waals surface area contributed by atoms with Crippen molar-refractivity contribution in [3.8, 4) is 11.8 Å². The van der Waals surface area contributed by atoms with Crippen LogP contribution < -0.4 is 4.74 Å². The van der Waals surface area contributed by atoms with E-state index in [1.165, 1.54) is 11.1 Å². The molecule has 0 aliphatic rings. The Morgan fingerprint density at radius 3 is 2.55 bits per heavy atom. The number of methoxy groups -OCH3 is 1. The summed E-state index contributed by atoms with van der Waals surface area (Å²) in [5.74, 6) is 2.73. The summed E-state index contributed by atoms with van der Waals surface area (Å²) in [6.07, 6.45) is 0. The van der Waals surface area contributed by atoms with E-state index in [0.717, 1.165) is 21.7 Å². The quantitative estimate of drug-likeness (QED) is 0.781. The minimum atomic E-state index is 0.701. The van der Waals surface area contributed by atoms with Gasteiger partial charge < -0.3 is 4.74 Å². The smallest absolute Gasteiger partial charge is 0.122 e. The summed E-state index contributed by atoms with van der Waals surface area (Å²) in [5, 5.41) is 8.76. The molecule has 102 valence electrons. The molecular weight excluding hydrogens is 334 g/mol. The van der Waals surface area contributed by atoms with E-state index in [9.17, 15) is 0 Å². The van der Waals surface area contributed by atoms with Crippen LogP contribution in [-0.4, -0.2) is 7.11 Å². The van der Waals surface area contributed by atoms with Crippen molar-refractivity contribution in [1.82, 2.24) is 0 Å². The van der Waals surface area contributed by atoms with Crippen molar-refractivity contribution in [1.29, 1.82) is 5.26 Å². The van der Waals surface area contributed by atoms with Crippen LogP contribution in [0.4, 0.5) is 0 Å². The van der Waals surface area contributed by atoms with Crippen LogP contribution in [0.25, 0.3) is 0 Å². The van der Waals surface area contributed by atoms with Gasteiger partial charge in [-0.2, -0.15) is 17.0 Å². The number of rotatable bonds is 5. The molecule has 0 saturated heterocycles. The molecule has 0 fully saturated rings. The summed E-state index contributed by atoms with van der Waals surface area (Å²) < 4.78 is 6.43. The predicted octanol–water partition coefficient (Wildman–Crippen LogP) is 4.76. The Morgan fingerprint density at radius 1 is 1.15 bits per heavy atom. The van der Waals surface area contributed by atoms with E-state index in [4.69, 9.17) is 10.00 Å². The van der Waals surface area contributed by atoms with Crippen LogP contribution in [0.5, 0.6) is 5.75 Å². The molecule has 20 heavy (non-hydrogen) atoms. The molecular formula is C16H14BrNOS. The third-order valence-electron chi connectivity index (χ3n) is 2.85. The molecule has 2 rings (SSSR count). The SMILES string of the molecule is COc1ccc(Br)cc1CSCc1ccc(C#N)cc1. The largest absolute Gasteiger partial charge is 0.496 e. The highest BCUT2D eigenvalue weighted by Crippen LogP contribution is 2.28. The van der Waals surface area contributed by atoms with E-state index < -0.39 is 0 Å². The maximum atomic E-state index is 8.76. The predicted molar refractivity (Wildman–Crippen MR) is 86.9 cm³/mol. The van der Waals surface area contributed by atoms with Crippen LogP contribution in [0.15, 0.2) is 46.9 Å². The number of hydrogen-bond acceptors (Lipinski definition) is 3. The second-order valence-electron chi connectivity index (χ2n) is 4.26. The lowest BCUT2D eigenvalue weighted by Gasteiger charge is -2.09. The number of nitrogens with zero attached hydrogens (tertiary/aromatic N) is 1. The fourth-order valence-corrected chi connectivity index (χ4v) is 3.20. The molecule has 0 N–H and O–H groups in total. The van der Waals surface area contributed by atoms with Gasteiger partial charge in [-0.3, -0.25) is 0 Å². The number of benzene rings is 2. The summed E-state index contributed by atoms with van der Waals surface area (Å²) in [7, 11) is 1.69. The monoisotopic (exact) mass is 347 g/mol. The minimum Gasteiger partial charge on any atom is -0.496 e. The maximum absolute atomic E-state index is 8.76. The molecule has 0 unspecified atom stereocenters.